The van der Waals surface area contributed by atoms with Gasteiger partial charge in [-0.05, 0) is 36.8 Å². The number of non-ortho nitro benzene ring substituents is 1. The summed E-state index contributed by atoms with van der Waals surface area (Å²) in [5.41, 5.74) is 3.09. The van der Waals surface area contributed by atoms with Crippen molar-refractivity contribution in [1.82, 2.24) is 4.98 Å². The van der Waals surface area contributed by atoms with E-state index in [0.717, 1.165) is 11.3 Å². The van der Waals surface area contributed by atoms with Crippen LogP contribution < -0.4 is 4.90 Å². The summed E-state index contributed by atoms with van der Waals surface area (Å²) in [5, 5.41) is 38.0. The maximum Gasteiger partial charge on any atom is 0.270 e. The summed E-state index contributed by atoms with van der Waals surface area (Å²) in [5.74, 6) is 0. The second-order valence-electron chi connectivity index (χ2n) is 6.01. The van der Waals surface area contributed by atoms with E-state index in [-0.39, 0.29) is 18.9 Å². The molecule has 9 nitrogen and oxygen atoms in total. The van der Waals surface area contributed by atoms with Crippen molar-refractivity contribution < 1.29 is 15.1 Å². The van der Waals surface area contributed by atoms with Crippen molar-refractivity contribution in [3.8, 4) is 0 Å². The van der Waals surface area contributed by atoms with Gasteiger partial charge in [-0.15, -0.1) is 10.2 Å². The summed E-state index contributed by atoms with van der Waals surface area (Å²) in [6, 6.07) is 10.1. The predicted octanol–water partition coefficient (Wildman–Crippen LogP) is 3.72. The van der Waals surface area contributed by atoms with E-state index in [1.807, 2.05) is 30.0 Å². The lowest BCUT2D eigenvalue weighted by Gasteiger charge is -2.23. The Hall–Kier alpha value is -2.95. The van der Waals surface area contributed by atoms with Crippen molar-refractivity contribution in [2.24, 2.45) is 10.2 Å². The van der Waals surface area contributed by atoms with Crippen LogP contribution in [0.2, 0.25) is 0 Å². The lowest BCUT2D eigenvalue weighted by molar-refractivity contribution is -0.384. The summed E-state index contributed by atoms with van der Waals surface area (Å²) in [7, 11) is 0. The first-order chi connectivity index (χ1) is 13.5. The highest BCUT2D eigenvalue weighted by Crippen LogP contribution is 2.32. The zero-order valence-corrected chi connectivity index (χ0v) is 16.0. The van der Waals surface area contributed by atoms with Gasteiger partial charge in [0.25, 0.3) is 5.69 Å². The third-order valence-electron chi connectivity index (χ3n) is 4.10. The molecule has 0 bridgehead atoms. The number of aliphatic hydroxyl groups excluding tert-OH is 2. The fraction of sp³-hybridized carbons (Fsp3) is 0.278. The molecule has 0 fully saturated rings. The third kappa shape index (κ3) is 4.47. The molecule has 0 radical (unpaired) electrons. The standard InChI is InChI=1S/C18H19N5O4S/c1-12-10-13(22(6-8-24)7-9-25)2-4-15(12)20-21-18-19-16-5-3-14(23(26)27)11-17(16)28-18/h2-5,10-11,24-25H,6-9H2,1H3. The van der Waals surface area contributed by atoms with E-state index in [1.165, 1.54) is 23.5 Å². The van der Waals surface area contributed by atoms with Gasteiger partial charge in [0.1, 0.15) is 0 Å². The van der Waals surface area contributed by atoms with Crippen LogP contribution in [0.1, 0.15) is 5.56 Å². The highest BCUT2D eigenvalue weighted by Gasteiger charge is 2.11. The second kappa shape index (κ2) is 8.83. The number of thiazole rings is 1. The molecule has 0 saturated heterocycles. The van der Waals surface area contributed by atoms with Crippen molar-refractivity contribution in [2.45, 2.75) is 6.92 Å². The van der Waals surface area contributed by atoms with Crippen LogP contribution in [0.15, 0.2) is 46.6 Å². The number of nitrogens with zero attached hydrogens (tertiary/aromatic N) is 5. The molecule has 10 heteroatoms. The van der Waals surface area contributed by atoms with E-state index in [9.17, 15) is 10.1 Å². The Bertz CT molecular complexity index is 1010. The number of aliphatic hydroxyl groups is 2. The lowest BCUT2D eigenvalue weighted by atomic mass is 10.1. The molecular formula is C18H19N5O4S. The highest BCUT2D eigenvalue weighted by atomic mass is 32.1. The van der Waals surface area contributed by atoms with Gasteiger partial charge in [-0.25, -0.2) is 4.98 Å². The second-order valence-corrected chi connectivity index (χ2v) is 7.02. The molecule has 0 unspecified atom stereocenters. The van der Waals surface area contributed by atoms with Crippen molar-refractivity contribution in [3.63, 3.8) is 0 Å². The maximum atomic E-state index is 10.9. The van der Waals surface area contributed by atoms with Crippen LogP contribution in [0, 0.1) is 17.0 Å². The number of azo groups is 1. The molecule has 0 aliphatic carbocycles. The molecule has 146 valence electrons. The molecule has 0 amide bonds. The molecule has 3 aromatic rings. The van der Waals surface area contributed by atoms with Crippen molar-refractivity contribution in [3.05, 3.63) is 52.1 Å². The number of aryl methyl sites for hydroxylation is 1. The van der Waals surface area contributed by atoms with Crippen LogP contribution in [0.3, 0.4) is 0 Å². The molecule has 28 heavy (non-hydrogen) atoms. The Morgan fingerprint density at radius 3 is 2.54 bits per heavy atom. The average molecular weight is 401 g/mol. The molecule has 0 aliphatic rings. The monoisotopic (exact) mass is 401 g/mol. The van der Waals surface area contributed by atoms with Gasteiger partial charge in [0.05, 0.1) is 34.0 Å². The zero-order valence-electron chi connectivity index (χ0n) is 15.1. The molecular weight excluding hydrogens is 382 g/mol. The van der Waals surface area contributed by atoms with Gasteiger partial charge in [0.2, 0.25) is 5.13 Å². The number of hydrogen-bond acceptors (Lipinski definition) is 9. The molecule has 3 rings (SSSR count). The SMILES string of the molecule is Cc1cc(N(CCO)CCO)ccc1N=Nc1nc2ccc([N+](=O)[O-])cc2s1. The molecule has 2 N–H and O–H groups in total. The number of aromatic nitrogens is 1. The summed E-state index contributed by atoms with van der Waals surface area (Å²) < 4.78 is 0.680. The molecule has 2 aromatic carbocycles. The number of benzene rings is 2. The molecule has 1 aromatic heterocycles. The first kappa shape index (κ1) is 19.8. The number of fused-ring (bicyclic) bond motifs is 1. The van der Waals surface area contributed by atoms with E-state index in [2.05, 4.69) is 15.2 Å². The van der Waals surface area contributed by atoms with Gasteiger partial charge >= 0.3 is 0 Å². The Morgan fingerprint density at radius 2 is 1.89 bits per heavy atom. The van der Waals surface area contributed by atoms with Crippen LogP contribution in [-0.4, -0.2) is 46.4 Å². The largest absolute Gasteiger partial charge is 0.395 e. The normalized spacial score (nSPS) is 11.4. The lowest BCUT2D eigenvalue weighted by Crippen LogP contribution is -2.29. The molecule has 0 saturated carbocycles. The fourth-order valence-corrected chi connectivity index (χ4v) is 3.53. The number of rotatable bonds is 8. The fourth-order valence-electron chi connectivity index (χ4n) is 2.71. The summed E-state index contributed by atoms with van der Waals surface area (Å²) in [6.45, 7) is 2.75. The molecule has 1 heterocycles. The zero-order chi connectivity index (χ0) is 20.1. The van der Waals surface area contributed by atoms with Crippen LogP contribution in [0.4, 0.5) is 22.2 Å². The number of anilines is 1. The minimum atomic E-state index is -0.442. The Balaban J connectivity index is 1.82. The first-order valence-electron chi connectivity index (χ1n) is 8.56. The summed E-state index contributed by atoms with van der Waals surface area (Å²) >= 11 is 1.24. The van der Waals surface area contributed by atoms with Gasteiger partial charge in [-0.1, -0.05) is 11.3 Å². The summed E-state index contributed by atoms with van der Waals surface area (Å²) in [6.07, 6.45) is 0. The van der Waals surface area contributed by atoms with Gasteiger partial charge < -0.3 is 15.1 Å². The van der Waals surface area contributed by atoms with Gasteiger partial charge in [-0.2, -0.15) is 0 Å². The average Bonchev–Trinajstić information content (AvgIpc) is 3.08. The van der Waals surface area contributed by atoms with Crippen molar-refractivity contribution in [2.75, 3.05) is 31.2 Å². The van der Waals surface area contributed by atoms with Crippen molar-refractivity contribution in [1.29, 1.82) is 0 Å². The van der Waals surface area contributed by atoms with Crippen LogP contribution in [0.25, 0.3) is 10.2 Å². The van der Waals surface area contributed by atoms with Gasteiger partial charge in [0.15, 0.2) is 0 Å². The Kier molecular flexibility index (Phi) is 6.24. The van der Waals surface area contributed by atoms with Crippen molar-refractivity contribution >= 4 is 43.7 Å². The predicted molar refractivity (Wildman–Crippen MR) is 108 cm³/mol. The van der Waals surface area contributed by atoms with E-state index in [1.54, 1.807) is 6.07 Å². The quantitative estimate of drug-likeness (QED) is 0.337. The molecule has 0 atom stereocenters. The number of nitro benzene ring substituents is 1. The smallest absolute Gasteiger partial charge is 0.270 e. The van der Waals surface area contributed by atoms with E-state index in [0.29, 0.717) is 34.1 Å². The maximum absolute atomic E-state index is 10.9. The molecule has 0 spiro atoms. The highest BCUT2D eigenvalue weighted by molar-refractivity contribution is 7.21. The van der Waals surface area contributed by atoms with Gasteiger partial charge in [0, 0.05) is 30.9 Å². The van der Waals surface area contributed by atoms with Crippen LogP contribution >= 0.6 is 11.3 Å². The first-order valence-corrected chi connectivity index (χ1v) is 9.37. The van der Waals surface area contributed by atoms with Gasteiger partial charge in [-0.3, -0.25) is 10.1 Å². The minimum absolute atomic E-state index is 0.00369. The number of hydrogen-bond donors (Lipinski definition) is 2. The molecule has 0 aliphatic heterocycles. The Labute approximate surface area is 164 Å². The van der Waals surface area contributed by atoms with E-state index >= 15 is 0 Å². The minimum Gasteiger partial charge on any atom is -0.395 e. The van der Waals surface area contributed by atoms with Crippen LogP contribution in [0.5, 0.6) is 0 Å². The topological polar surface area (TPSA) is 124 Å². The van der Waals surface area contributed by atoms with E-state index in [4.69, 9.17) is 10.2 Å². The third-order valence-corrected chi connectivity index (χ3v) is 5.00. The Morgan fingerprint density at radius 1 is 1.14 bits per heavy atom. The van der Waals surface area contributed by atoms with E-state index < -0.39 is 4.92 Å². The van der Waals surface area contributed by atoms with Crippen LogP contribution in [-0.2, 0) is 0 Å². The summed E-state index contributed by atoms with van der Waals surface area (Å²) in [4.78, 5) is 16.6. The number of nitro groups is 1.